The van der Waals surface area contributed by atoms with Gasteiger partial charge in [0.2, 0.25) is 0 Å². The molecule has 5 heteroatoms. The SMILES string of the molecule is CC[C@H](Oc1cc(C)cc(C)c1)C(=O)Nc1cc(Cl)ccc1OC. The van der Waals surface area contributed by atoms with Crippen LogP contribution in [-0.2, 0) is 4.79 Å². The summed E-state index contributed by atoms with van der Waals surface area (Å²) in [6.07, 6.45) is -0.0586. The van der Waals surface area contributed by atoms with Crippen molar-refractivity contribution in [2.45, 2.75) is 33.3 Å². The van der Waals surface area contributed by atoms with Gasteiger partial charge in [-0.1, -0.05) is 24.6 Å². The van der Waals surface area contributed by atoms with Crippen LogP contribution in [0.4, 0.5) is 5.69 Å². The molecule has 128 valence electrons. The quantitative estimate of drug-likeness (QED) is 0.819. The van der Waals surface area contributed by atoms with E-state index in [2.05, 4.69) is 11.4 Å². The number of nitrogens with one attached hydrogen (secondary N) is 1. The van der Waals surface area contributed by atoms with Crippen LogP contribution in [0.1, 0.15) is 24.5 Å². The molecule has 4 nitrogen and oxygen atoms in total. The molecule has 2 aromatic carbocycles. The molecule has 0 aliphatic carbocycles. The van der Waals surface area contributed by atoms with Gasteiger partial charge in [0.15, 0.2) is 6.10 Å². The Kier molecular flexibility index (Phi) is 6.10. The van der Waals surface area contributed by atoms with Crippen LogP contribution in [0, 0.1) is 13.8 Å². The first-order valence-corrected chi connectivity index (χ1v) is 8.20. The molecule has 0 spiro atoms. The summed E-state index contributed by atoms with van der Waals surface area (Å²) < 4.78 is 11.1. The molecule has 0 aliphatic rings. The molecular weight excluding hydrogens is 326 g/mol. The predicted molar refractivity (Wildman–Crippen MR) is 97.3 cm³/mol. The molecule has 0 saturated carbocycles. The summed E-state index contributed by atoms with van der Waals surface area (Å²) in [5.74, 6) is 0.999. The highest BCUT2D eigenvalue weighted by Gasteiger charge is 2.20. The van der Waals surface area contributed by atoms with Gasteiger partial charge in [0.25, 0.3) is 5.91 Å². The summed E-state index contributed by atoms with van der Waals surface area (Å²) >= 11 is 6.00. The zero-order valence-corrected chi connectivity index (χ0v) is 15.1. The standard InChI is InChI=1S/C19H22ClNO3/c1-5-17(24-15-9-12(2)8-13(3)10-15)19(22)21-16-11-14(20)6-7-18(16)23-4/h6-11,17H,5H2,1-4H3,(H,21,22)/t17-/m0/s1. The van der Waals surface area contributed by atoms with Gasteiger partial charge in [0, 0.05) is 5.02 Å². The number of methoxy groups -OCH3 is 1. The van der Waals surface area contributed by atoms with Crippen molar-refractivity contribution in [3.8, 4) is 11.5 Å². The molecule has 2 rings (SSSR count). The molecule has 1 atom stereocenters. The topological polar surface area (TPSA) is 47.6 Å². The van der Waals surface area contributed by atoms with Gasteiger partial charge >= 0.3 is 0 Å². The van der Waals surface area contributed by atoms with Crippen LogP contribution in [0.3, 0.4) is 0 Å². The minimum absolute atomic E-state index is 0.239. The maximum absolute atomic E-state index is 12.6. The minimum Gasteiger partial charge on any atom is -0.495 e. The number of carbonyl (C=O) groups is 1. The van der Waals surface area contributed by atoms with Gasteiger partial charge in [-0.2, -0.15) is 0 Å². The van der Waals surface area contributed by atoms with E-state index in [4.69, 9.17) is 21.1 Å². The molecule has 1 amide bonds. The number of aryl methyl sites for hydroxylation is 2. The molecule has 2 aromatic rings. The summed E-state index contributed by atoms with van der Waals surface area (Å²) in [6.45, 7) is 5.90. The number of anilines is 1. The molecular formula is C19H22ClNO3. The van der Waals surface area contributed by atoms with Crippen molar-refractivity contribution in [3.63, 3.8) is 0 Å². The van der Waals surface area contributed by atoms with Crippen molar-refractivity contribution >= 4 is 23.2 Å². The molecule has 0 heterocycles. The van der Waals surface area contributed by atoms with E-state index in [1.807, 2.05) is 32.9 Å². The number of hydrogen-bond acceptors (Lipinski definition) is 3. The molecule has 0 aliphatic heterocycles. The van der Waals surface area contributed by atoms with Gasteiger partial charge in [0.1, 0.15) is 11.5 Å². The summed E-state index contributed by atoms with van der Waals surface area (Å²) in [5, 5.41) is 3.35. The van der Waals surface area contributed by atoms with Crippen molar-refractivity contribution < 1.29 is 14.3 Å². The highest BCUT2D eigenvalue weighted by molar-refractivity contribution is 6.31. The van der Waals surface area contributed by atoms with Crippen molar-refractivity contribution in [2.75, 3.05) is 12.4 Å². The number of amides is 1. The zero-order chi connectivity index (χ0) is 17.7. The van der Waals surface area contributed by atoms with Crippen LogP contribution in [0.5, 0.6) is 11.5 Å². The third-order valence-corrected chi connectivity index (χ3v) is 3.79. The Morgan fingerprint density at radius 2 is 1.83 bits per heavy atom. The van der Waals surface area contributed by atoms with E-state index in [-0.39, 0.29) is 5.91 Å². The molecule has 24 heavy (non-hydrogen) atoms. The first-order chi connectivity index (χ1) is 11.4. The summed E-state index contributed by atoms with van der Waals surface area (Å²) in [4.78, 5) is 12.6. The monoisotopic (exact) mass is 347 g/mol. The highest BCUT2D eigenvalue weighted by atomic mass is 35.5. The smallest absolute Gasteiger partial charge is 0.265 e. The molecule has 1 N–H and O–H groups in total. The van der Waals surface area contributed by atoms with Gasteiger partial charge < -0.3 is 14.8 Å². The largest absolute Gasteiger partial charge is 0.495 e. The van der Waals surface area contributed by atoms with Gasteiger partial charge in [-0.25, -0.2) is 0 Å². The van der Waals surface area contributed by atoms with Crippen molar-refractivity contribution in [3.05, 3.63) is 52.5 Å². The fraction of sp³-hybridized carbons (Fsp3) is 0.316. The normalized spacial score (nSPS) is 11.7. The number of rotatable bonds is 6. The molecule has 0 aromatic heterocycles. The Balaban J connectivity index is 2.15. The van der Waals surface area contributed by atoms with E-state index in [0.29, 0.717) is 28.6 Å². The van der Waals surface area contributed by atoms with Crippen LogP contribution in [-0.4, -0.2) is 19.1 Å². The van der Waals surface area contributed by atoms with Gasteiger partial charge in [0.05, 0.1) is 12.8 Å². The van der Waals surface area contributed by atoms with Gasteiger partial charge in [-0.05, 0) is 61.7 Å². The van der Waals surface area contributed by atoms with E-state index in [0.717, 1.165) is 11.1 Å². The van der Waals surface area contributed by atoms with Gasteiger partial charge in [-0.3, -0.25) is 4.79 Å². The van der Waals surface area contributed by atoms with E-state index >= 15 is 0 Å². The minimum atomic E-state index is -0.602. The van der Waals surface area contributed by atoms with E-state index < -0.39 is 6.10 Å². The third kappa shape index (κ3) is 4.65. The summed E-state index contributed by atoms with van der Waals surface area (Å²) in [6, 6.07) is 11.0. The lowest BCUT2D eigenvalue weighted by molar-refractivity contribution is -0.122. The van der Waals surface area contributed by atoms with Crippen LogP contribution < -0.4 is 14.8 Å². The lowest BCUT2D eigenvalue weighted by Crippen LogP contribution is -2.32. The maximum Gasteiger partial charge on any atom is 0.265 e. The van der Waals surface area contributed by atoms with Crippen LogP contribution in [0.2, 0.25) is 5.02 Å². The van der Waals surface area contributed by atoms with E-state index in [9.17, 15) is 4.79 Å². The van der Waals surface area contributed by atoms with Gasteiger partial charge in [-0.15, -0.1) is 0 Å². The molecule has 0 saturated heterocycles. The molecule has 0 unspecified atom stereocenters. The third-order valence-electron chi connectivity index (χ3n) is 3.56. The fourth-order valence-corrected chi connectivity index (χ4v) is 2.65. The lowest BCUT2D eigenvalue weighted by Gasteiger charge is -2.19. The van der Waals surface area contributed by atoms with Crippen LogP contribution >= 0.6 is 11.6 Å². The molecule has 0 fully saturated rings. The van der Waals surface area contributed by atoms with Crippen molar-refractivity contribution in [1.29, 1.82) is 0 Å². The highest BCUT2D eigenvalue weighted by Crippen LogP contribution is 2.28. The lowest BCUT2D eigenvalue weighted by atomic mass is 10.1. The Morgan fingerprint density at radius 1 is 1.17 bits per heavy atom. The number of halogens is 1. The first kappa shape index (κ1) is 18.1. The second-order valence-electron chi connectivity index (χ2n) is 5.67. The average Bonchev–Trinajstić information content (AvgIpc) is 2.51. The Hall–Kier alpha value is -2.20. The Morgan fingerprint density at radius 3 is 2.42 bits per heavy atom. The predicted octanol–water partition coefficient (Wildman–Crippen LogP) is 4.76. The average molecular weight is 348 g/mol. The fourth-order valence-electron chi connectivity index (χ4n) is 2.48. The van der Waals surface area contributed by atoms with Crippen LogP contribution in [0.15, 0.2) is 36.4 Å². The first-order valence-electron chi connectivity index (χ1n) is 7.82. The Labute approximate surface area is 147 Å². The summed E-state index contributed by atoms with van der Waals surface area (Å²) in [5.41, 5.74) is 2.71. The maximum atomic E-state index is 12.6. The van der Waals surface area contributed by atoms with Crippen molar-refractivity contribution in [1.82, 2.24) is 0 Å². The molecule has 0 radical (unpaired) electrons. The van der Waals surface area contributed by atoms with Crippen molar-refractivity contribution in [2.24, 2.45) is 0 Å². The zero-order valence-electron chi connectivity index (χ0n) is 14.4. The van der Waals surface area contributed by atoms with Crippen LogP contribution in [0.25, 0.3) is 0 Å². The van der Waals surface area contributed by atoms with E-state index in [1.54, 1.807) is 25.3 Å². The summed E-state index contributed by atoms with van der Waals surface area (Å²) in [7, 11) is 1.54. The Bertz CT molecular complexity index is 710. The molecule has 0 bridgehead atoms. The number of carbonyl (C=O) groups excluding carboxylic acids is 1. The number of hydrogen-bond donors (Lipinski definition) is 1. The number of benzene rings is 2. The second-order valence-corrected chi connectivity index (χ2v) is 6.11. The van der Waals surface area contributed by atoms with E-state index in [1.165, 1.54) is 0 Å². The second kappa shape index (κ2) is 8.06. The number of ether oxygens (including phenoxy) is 2.